The highest BCUT2D eigenvalue weighted by molar-refractivity contribution is 5.74. The van der Waals surface area contributed by atoms with Crippen molar-refractivity contribution in [3.8, 4) is 5.75 Å². The number of para-hydroxylation sites is 1. The van der Waals surface area contributed by atoms with Crippen molar-refractivity contribution in [1.29, 1.82) is 0 Å². The molecule has 0 aliphatic heterocycles. The van der Waals surface area contributed by atoms with E-state index in [-0.39, 0.29) is 6.04 Å². The largest absolute Gasteiger partial charge is 0.495 e. The van der Waals surface area contributed by atoms with E-state index < -0.39 is 0 Å². The first-order valence-corrected chi connectivity index (χ1v) is 6.32. The number of nitrogen functional groups attached to an aromatic ring is 1. The Hall–Kier alpha value is -1.46. The summed E-state index contributed by atoms with van der Waals surface area (Å²) in [5.74, 6) is 0.685. The van der Waals surface area contributed by atoms with Gasteiger partial charge in [0.25, 0.3) is 0 Å². The van der Waals surface area contributed by atoms with Gasteiger partial charge in [-0.3, -0.25) is 0 Å². The molecule has 0 spiro atoms. The van der Waals surface area contributed by atoms with Crippen molar-refractivity contribution in [2.75, 3.05) is 51.7 Å². The van der Waals surface area contributed by atoms with Crippen LogP contribution in [0.5, 0.6) is 5.75 Å². The molecule has 1 aromatic carbocycles. The van der Waals surface area contributed by atoms with Gasteiger partial charge in [-0.15, -0.1) is 0 Å². The standard InChI is InChI=1S/C14H24N2O3/c1-11(10-18-3)16(8-9-17-2)12-6-5-7-13(19-4)14(12)15/h5-7,11H,8-10,15H2,1-4H3. The Morgan fingerprint density at radius 2 is 1.95 bits per heavy atom. The van der Waals surface area contributed by atoms with Crippen LogP contribution in [0.2, 0.25) is 0 Å². The predicted molar refractivity (Wildman–Crippen MR) is 78.0 cm³/mol. The highest BCUT2D eigenvalue weighted by atomic mass is 16.5. The Labute approximate surface area is 115 Å². The molecule has 108 valence electrons. The van der Waals surface area contributed by atoms with Gasteiger partial charge in [0.1, 0.15) is 5.75 Å². The molecule has 0 aliphatic rings. The molecule has 1 unspecified atom stereocenters. The number of rotatable bonds is 8. The minimum Gasteiger partial charge on any atom is -0.495 e. The quantitative estimate of drug-likeness (QED) is 0.728. The lowest BCUT2D eigenvalue weighted by molar-refractivity contribution is 0.171. The summed E-state index contributed by atoms with van der Waals surface area (Å²) in [4.78, 5) is 2.17. The normalized spacial score (nSPS) is 12.2. The molecule has 0 aliphatic carbocycles. The Morgan fingerprint density at radius 1 is 1.21 bits per heavy atom. The Balaban J connectivity index is 3.02. The van der Waals surface area contributed by atoms with Gasteiger partial charge in [-0.05, 0) is 19.1 Å². The van der Waals surface area contributed by atoms with Crippen LogP contribution in [0, 0.1) is 0 Å². The molecule has 5 nitrogen and oxygen atoms in total. The SMILES string of the molecule is COCCN(c1cccc(OC)c1N)C(C)COC. The lowest BCUT2D eigenvalue weighted by Crippen LogP contribution is -2.39. The summed E-state index contributed by atoms with van der Waals surface area (Å²) in [6.07, 6.45) is 0. The fraction of sp³-hybridized carbons (Fsp3) is 0.571. The Morgan fingerprint density at radius 3 is 2.53 bits per heavy atom. The van der Waals surface area contributed by atoms with E-state index in [1.54, 1.807) is 21.3 Å². The molecule has 0 radical (unpaired) electrons. The molecular weight excluding hydrogens is 244 g/mol. The van der Waals surface area contributed by atoms with E-state index in [9.17, 15) is 0 Å². The summed E-state index contributed by atoms with van der Waals surface area (Å²) in [7, 11) is 5.00. The van der Waals surface area contributed by atoms with Crippen LogP contribution in [0.25, 0.3) is 0 Å². The van der Waals surface area contributed by atoms with E-state index in [1.165, 1.54) is 0 Å². The molecule has 19 heavy (non-hydrogen) atoms. The molecule has 0 bridgehead atoms. The van der Waals surface area contributed by atoms with Gasteiger partial charge in [0.2, 0.25) is 0 Å². The zero-order valence-corrected chi connectivity index (χ0v) is 12.2. The highest BCUT2D eigenvalue weighted by Gasteiger charge is 2.18. The first kappa shape index (κ1) is 15.6. The van der Waals surface area contributed by atoms with E-state index in [1.807, 2.05) is 18.2 Å². The van der Waals surface area contributed by atoms with Crippen LogP contribution in [-0.2, 0) is 9.47 Å². The molecule has 1 aromatic rings. The van der Waals surface area contributed by atoms with Crippen LogP contribution in [-0.4, -0.2) is 47.1 Å². The van der Waals surface area contributed by atoms with Gasteiger partial charge in [0.15, 0.2) is 0 Å². The lowest BCUT2D eigenvalue weighted by Gasteiger charge is -2.32. The minimum absolute atomic E-state index is 0.203. The second kappa shape index (κ2) is 7.86. The van der Waals surface area contributed by atoms with Crippen molar-refractivity contribution in [2.24, 2.45) is 0 Å². The minimum atomic E-state index is 0.203. The number of ether oxygens (including phenoxy) is 3. The molecule has 5 heteroatoms. The van der Waals surface area contributed by atoms with Crippen molar-refractivity contribution in [3.05, 3.63) is 18.2 Å². The zero-order valence-electron chi connectivity index (χ0n) is 12.2. The number of hydrogen-bond acceptors (Lipinski definition) is 5. The maximum Gasteiger partial charge on any atom is 0.143 e. The lowest BCUT2D eigenvalue weighted by atomic mass is 10.2. The average molecular weight is 268 g/mol. The Kier molecular flexibility index (Phi) is 6.45. The summed E-state index contributed by atoms with van der Waals surface area (Å²) in [5.41, 5.74) is 7.74. The van der Waals surface area contributed by atoms with Crippen LogP contribution in [0.3, 0.4) is 0 Å². The average Bonchev–Trinajstić information content (AvgIpc) is 2.41. The van der Waals surface area contributed by atoms with E-state index in [0.717, 1.165) is 12.2 Å². The molecule has 1 rings (SSSR count). The summed E-state index contributed by atoms with van der Waals surface area (Å²) < 4.78 is 15.7. The number of anilines is 2. The van der Waals surface area contributed by atoms with Crippen molar-refractivity contribution < 1.29 is 14.2 Å². The number of hydrogen-bond donors (Lipinski definition) is 1. The molecule has 0 saturated heterocycles. The van der Waals surface area contributed by atoms with Crippen LogP contribution in [0.1, 0.15) is 6.92 Å². The molecule has 0 saturated carbocycles. The van der Waals surface area contributed by atoms with E-state index in [4.69, 9.17) is 19.9 Å². The maximum absolute atomic E-state index is 6.15. The van der Waals surface area contributed by atoms with Crippen molar-refractivity contribution in [2.45, 2.75) is 13.0 Å². The molecule has 0 aromatic heterocycles. The van der Waals surface area contributed by atoms with Gasteiger partial charge in [-0.25, -0.2) is 0 Å². The molecular formula is C14H24N2O3. The van der Waals surface area contributed by atoms with Gasteiger partial charge >= 0.3 is 0 Å². The summed E-state index contributed by atoms with van der Waals surface area (Å²) in [5, 5.41) is 0. The van der Waals surface area contributed by atoms with E-state index >= 15 is 0 Å². The van der Waals surface area contributed by atoms with Gasteiger partial charge < -0.3 is 24.8 Å². The van der Waals surface area contributed by atoms with Gasteiger partial charge in [0.05, 0.1) is 31.7 Å². The van der Waals surface area contributed by atoms with Crippen molar-refractivity contribution >= 4 is 11.4 Å². The fourth-order valence-electron chi connectivity index (χ4n) is 2.06. The van der Waals surface area contributed by atoms with Crippen molar-refractivity contribution in [3.63, 3.8) is 0 Å². The smallest absolute Gasteiger partial charge is 0.143 e. The monoisotopic (exact) mass is 268 g/mol. The van der Waals surface area contributed by atoms with Crippen LogP contribution in [0.4, 0.5) is 11.4 Å². The summed E-state index contributed by atoms with van der Waals surface area (Å²) in [6, 6.07) is 5.98. The molecule has 0 heterocycles. The molecule has 0 fully saturated rings. The van der Waals surface area contributed by atoms with E-state index in [2.05, 4.69) is 11.8 Å². The number of benzene rings is 1. The summed E-state index contributed by atoms with van der Waals surface area (Å²) in [6.45, 7) is 4.10. The number of nitrogens with two attached hydrogens (primary N) is 1. The molecule has 1 atom stereocenters. The summed E-state index contributed by atoms with van der Waals surface area (Å²) >= 11 is 0. The van der Waals surface area contributed by atoms with Gasteiger partial charge in [-0.2, -0.15) is 0 Å². The Bertz CT molecular complexity index is 385. The fourth-order valence-corrected chi connectivity index (χ4v) is 2.06. The predicted octanol–water partition coefficient (Wildman–Crippen LogP) is 1.77. The highest BCUT2D eigenvalue weighted by Crippen LogP contribution is 2.32. The van der Waals surface area contributed by atoms with Crippen LogP contribution < -0.4 is 15.4 Å². The van der Waals surface area contributed by atoms with Crippen molar-refractivity contribution in [1.82, 2.24) is 0 Å². The van der Waals surface area contributed by atoms with E-state index in [0.29, 0.717) is 24.7 Å². The number of nitrogens with zero attached hydrogens (tertiary/aromatic N) is 1. The van der Waals surface area contributed by atoms with Gasteiger partial charge in [-0.1, -0.05) is 6.07 Å². The second-order valence-corrected chi connectivity index (χ2v) is 4.38. The third-order valence-electron chi connectivity index (χ3n) is 3.05. The number of methoxy groups -OCH3 is 3. The topological polar surface area (TPSA) is 57.0 Å². The first-order valence-electron chi connectivity index (χ1n) is 6.32. The van der Waals surface area contributed by atoms with Gasteiger partial charge in [0, 0.05) is 26.8 Å². The second-order valence-electron chi connectivity index (χ2n) is 4.38. The van der Waals surface area contributed by atoms with Crippen LogP contribution in [0.15, 0.2) is 18.2 Å². The third-order valence-corrected chi connectivity index (χ3v) is 3.05. The first-order chi connectivity index (χ1) is 9.15. The third kappa shape index (κ3) is 4.01. The van der Waals surface area contributed by atoms with Crippen LogP contribution >= 0.6 is 0 Å². The zero-order chi connectivity index (χ0) is 14.3. The molecule has 0 amide bonds. The molecule has 2 N–H and O–H groups in total. The maximum atomic E-state index is 6.15.